The van der Waals surface area contributed by atoms with Gasteiger partial charge in [-0.05, 0) is 17.7 Å². The van der Waals surface area contributed by atoms with E-state index in [9.17, 15) is 24.5 Å². The summed E-state index contributed by atoms with van der Waals surface area (Å²) in [6.45, 7) is 1.33. The summed E-state index contributed by atoms with van der Waals surface area (Å²) in [5, 5.41) is 11.4. The van der Waals surface area contributed by atoms with Crippen LogP contribution in [0.5, 0.6) is 11.6 Å². The van der Waals surface area contributed by atoms with Crippen LogP contribution in [0.1, 0.15) is 24.1 Å². The van der Waals surface area contributed by atoms with Gasteiger partial charge in [0.2, 0.25) is 11.8 Å². The predicted octanol–water partition coefficient (Wildman–Crippen LogP) is 2.24. The molecular formula is C21H18N4O6. The number of non-ortho nitro benzene ring substituents is 1. The van der Waals surface area contributed by atoms with Crippen molar-refractivity contribution in [2.24, 2.45) is 14.1 Å². The van der Waals surface area contributed by atoms with E-state index in [0.29, 0.717) is 11.3 Å². The minimum Gasteiger partial charge on any atom is -0.438 e. The van der Waals surface area contributed by atoms with E-state index < -0.39 is 28.1 Å². The molecule has 0 spiro atoms. The van der Waals surface area contributed by atoms with Crippen molar-refractivity contribution in [1.29, 1.82) is 0 Å². The number of benzene rings is 2. The minimum atomic E-state index is -1.05. The molecule has 1 amide bonds. The summed E-state index contributed by atoms with van der Waals surface area (Å²) in [5.41, 5.74) is -0.720. The highest BCUT2D eigenvalue weighted by Crippen LogP contribution is 2.45. The third-order valence-corrected chi connectivity index (χ3v) is 5.24. The van der Waals surface area contributed by atoms with Crippen LogP contribution in [0.4, 0.5) is 11.4 Å². The lowest BCUT2D eigenvalue weighted by molar-refractivity contribution is -0.384. The number of amides is 1. The van der Waals surface area contributed by atoms with Crippen LogP contribution < -0.4 is 20.9 Å². The molecule has 0 fully saturated rings. The maximum Gasteiger partial charge on any atom is 0.333 e. The van der Waals surface area contributed by atoms with Crippen molar-refractivity contribution in [1.82, 2.24) is 9.13 Å². The molecule has 0 N–H and O–H groups in total. The Morgan fingerprint density at radius 3 is 2.45 bits per heavy atom. The molecule has 31 heavy (non-hydrogen) atoms. The molecule has 3 aromatic rings. The van der Waals surface area contributed by atoms with Crippen molar-refractivity contribution in [3.63, 3.8) is 0 Å². The smallest absolute Gasteiger partial charge is 0.333 e. The molecule has 0 aliphatic carbocycles. The Kier molecular flexibility index (Phi) is 4.69. The van der Waals surface area contributed by atoms with E-state index in [1.54, 1.807) is 30.3 Å². The summed E-state index contributed by atoms with van der Waals surface area (Å²) < 4.78 is 8.08. The molecule has 1 atom stereocenters. The monoisotopic (exact) mass is 422 g/mol. The summed E-state index contributed by atoms with van der Waals surface area (Å²) in [7, 11) is 2.78. The molecule has 10 nitrogen and oxygen atoms in total. The summed E-state index contributed by atoms with van der Waals surface area (Å²) in [5.74, 6) is -0.160. The average Bonchev–Trinajstić information content (AvgIpc) is 2.91. The third kappa shape index (κ3) is 3.08. The van der Waals surface area contributed by atoms with Gasteiger partial charge in [0.15, 0.2) is 5.75 Å². The van der Waals surface area contributed by atoms with Crippen LogP contribution in [0, 0.1) is 10.1 Å². The normalized spacial score (nSPS) is 14.8. The highest BCUT2D eigenvalue weighted by molar-refractivity contribution is 5.95. The molecule has 1 aromatic heterocycles. The number of hydrogen-bond acceptors (Lipinski definition) is 6. The second-order valence-corrected chi connectivity index (χ2v) is 7.14. The number of carbonyl (C=O) groups is 1. The number of hydrogen-bond donors (Lipinski definition) is 0. The van der Waals surface area contributed by atoms with Crippen molar-refractivity contribution in [2.75, 3.05) is 4.90 Å². The second kappa shape index (κ2) is 7.24. The molecule has 0 saturated heterocycles. The minimum absolute atomic E-state index is 0.0245. The number of anilines is 1. The summed E-state index contributed by atoms with van der Waals surface area (Å²) in [6.07, 6.45) is 0. The Bertz CT molecular complexity index is 1360. The first-order chi connectivity index (χ1) is 14.7. The van der Waals surface area contributed by atoms with Gasteiger partial charge in [-0.3, -0.25) is 33.7 Å². The number of para-hydroxylation sites is 2. The molecule has 10 heteroatoms. The summed E-state index contributed by atoms with van der Waals surface area (Å²) in [6, 6.07) is 11.3. The topological polar surface area (TPSA) is 117 Å². The number of carbonyl (C=O) groups excluding carboxylic acids is 1. The second-order valence-electron chi connectivity index (χ2n) is 7.14. The Hall–Kier alpha value is -4.21. The molecule has 2 heterocycles. The van der Waals surface area contributed by atoms with E-state index in [4.69, 9.17) is 4.74 Å². The van der Waals surface area contributed by atoms with E-state index in [1.165, 1.54) is 48.7 Å². The van der Waals surface area contributed by atoms with Gasteiger partial charge >= 0.3 is 5.69 Å². The Morgan fingerprint density at radius 1 is 1.06 bits per heavy atom. The van der Waals surface area contributed by atoms with E-state index in [2.05, 4.69) is 0 Å². The number of nitro benzene ring substituents is 1. The summed E-state index contributed by atoms with van der Waals surface area (Å²) in [4.78, 5) is 50.8. The van der Waals surface area contributed by atoms with Crippen LogP contribution in [0.15, 0.2) is 58.1 Å². The molecule has 1 aliphatic rings. The zero-order valence-corrected chi connectivity index (χ0v) is 16.9. The van der Waals surface area contributed by atoms with Gasteiger partial charge in [0.1, 0.15) is 5.56 Å². The number of rotatable bonds is 2. The van der Waals surface area contributed by atoms with Gasteiger partial charge in [0.05, 0.1) is 16.7 Å². The maximum atomic E-state index is 13.3. The van der Waals surface area contributed by atoms with Crippen molar-refractivity contribution < 1.29 is 14.5 Å². The lowest BCUT2D eigenvalue weighted by atomic mass is 9.97. The van der Waals surface area contributed by atoms with Gasteiger partial charge in [0.25, 0.3) is 11.2 Å². The van der Waals surface area contributed by atoms with Crippen LogP contribution in [0.3, 0.4) is 0 Å². The van der Waals surface area contributed by atoms with Gasteiger partial charge in [-0.15, -0.1) is 0 Å². The van der Waals surface area contributed by atoms with Crippen molar-refractivity contribution in [3.05, 3.63) is 90.6 Å². The first kappa shape index (κ1) is 20.1. The van der Waals surface area contributed by atoms with Crippen LogP contribution in [0.25, 0.3) is 0 Å². The lowest BCUT2D eigenvalue weighted by Gasteiger charge is -2.30. The quantitative estimate of drug-likeness (QED) is 0.462. The first-order valence-electron chi connectivity index (χ1n) is 9.33. The van der Waals surface area contributed by atoms with Crippen molar-refractivity contribution in [2.45, 2.75) is 13.0 Å². The third-order valence-electron chi connectivity index (χ3n) is 5.24. The predicted molar refractivity (Wildman–Crippen MR) is 112 cm³/mol. The van der Waals surface area contributed by atoms with Crippen LogP contribution in [-0.4, -0.2) is 20.0 Å². The molecule has 4 rings (SSSR count). The standard InChI is InChI=1S/C21H18N4O6/c1-12(26)24-15-9-4-5-10-16(15)31-20-17(19(27)22(2)21(28)23(20)3)18(24)13-7-6-8-14(11-13)25(29)30/h4-11,18H,1-3H3. The molecule has 1 aliphatic heterocycles. The number of nitrogens with zero attached hydrogens (tertiary/aromatic N) is 4. The SMILES string of the molecule is CC(=O)N1c2ccccc2Oc2c(c(=O)n(C)c(=O)n2C)C1c1cccc([N+](=O)[O-])c1. The Labute approximate surface area is 175 Å². The zero-order chi connectivity index (χ0) is 22.4. The van der Waals surface area contributed by atoms with E-state index in [-0.39, 0.29) is 22.9 Å². The van der Waals surface area contributed by atoms with Gasteiger partial charge in [-0.25, -0.2) is 4.79 Å². The van der Waals surface area contributed by atoms with Crippen LogP contribution in [-0.2, 0) is 18.9 Å². The number of aromatic nitrogens is 2. The highest BCUT2D eigenvalue weighted by atomic mass is 16.6. The van der Waals surface area contributed by atoms with Gasteiger partial charge in [0, 0.05) is 33.2 Å². The van der Waals surface area contributed by atoms with Crippen molar-refractivity contribution in [3.8, 4) is 11.6 Å². The molecule has 1 unspecified atom stereocenters. The fourth-order valence-electron chi connectivity index (χ4n) is 3.80. The number of fused-ring (bicyclic) bond motifs is 2. The largest absolute Gasteiger partial charge is 0.438 e. The molecule has 2 aromatic carbocycles. The number of ether oxygens (including phenoxy) is 1. The molecule has 158 valence electrons. The summed E-state index contributed by atoms with van der Waals surface area (Å²) >= 11 is 0. The van der Waals surface area contributed by atoms with Crippen LogP contribution in [0.2, 0.25) is 0 Å². The molecule has 0 radical (unpaired) electrons. The fourth-order valence-corrected chi connectivity index (χ4v) is 3.80. The Morgan fingerprint density at radius 2 is 1.77 bits per heavy atom. The molecule has 0 bridgehead atoms. The maximum absolute atomic E-state index is 13.3. The molecule has 0 saturated carbocycles. The highest BCUT2D eigenvalue weighted by Gasteiger charge is 2.38. The van der Waals surface area contributed by atoms with E-state index in [1.807, 2.05) is 0 Å². The van der Waals surface area contributed by atoms with E-state index in [0.717, 1.165) is 4.57 Å². The van der Waals surface area contributed by atoms with Gasteiger partial charge in [-0.2, -0.15) is 0 Å². The first-order valence-corrected chi connectivity index (χ1v) is 9.33. The zero-order valence-electron chi connectivity index (χ0n) is 16.9. The van der Waals surface area contributed by atoms with Crippen LogP contribution >= 0.6 is 0 Å². The van der Waals surface area contributed by atoms with Gasteiger partial charge < -0.3 is 4.74 Å². The van der Waals surface area contributed by atoms with Crippen molar-refractivity contribution >= 4 is 17.3 Å². The van der Waals surface area contributed by atoms with Gasteiger partial charge in [-0.1, -0.05) is 24.3 Å². The average molecular weight is 422 g/mol. The Balaban J connectivity index is 2.16. The number of nitro groups is 1. The van der Waals surface area contributed by atoms with E-state index >= 15 is 0 Å². The molecular weight excluding hydrogens is 404 g/mol. The fraction of sp³-hybridized carbons (Fsp3) is 0.190. The lowest BCUT2D eigenvalue weighted by Crippen LogP contribution is -2.43.